The van der Waals surface area contributed by atoms with Gasteiger partial charge in [-0.1, -0.05) is 18.5 Å². The van der Waals surface area contributed by atoms with Gasteiger partial charge in [-0.05, 0) is 24.7 Å². The Kier molecular flexibility index (Phi) is 5.80. The van der Waals surface area contributed by atoms with Gasteiger partial charge >= 0.3 is 5.97 Å². The molecule has 0 amide bonds. The molecule has 0 aliphatic carbocycles. The largest absolute Gasteiger partial charge is 0.482 e. The fourth-order valence-corrected chi connectivity index (χ4v) is 1.48. The molecule has 0 saturated carbocycles. The molecule has 1 aromatic carbocycles. The molecule has 1 rings (SSSR count). The van der Waals surface area contributed by atoms with E-state index in [0.29, 0.717) is 17.3 Å². The number of carbonyl (C=O) groups is 1. The minimum Gasteiger partial charge on any atom is -0.482 e. The SMILES string of the molecule is CCNCc1cc(Cl)ccc1OCC(=O)OC. The summed E-state index contributed by atoms with van der Waals surface area (Å²) in [6.07, 6.45) is 0. The molecule has 0 atom stereocenters. The summed E-state index contributed by atoms with van der Waals surface area (Å²) in [5.41, 5.74) is 0.920. The molecular formula is C12H16ClNO3. The van der Waals surface area contributed by atoms with Crippen LogP contribution in [-0.4, -0.2) is 26.2 Å². The second kappa shape index (κ2) is 7.14. The first-order valence-corrected chi connectivity index (χ1v) is 5.74. The highest BCUT2D eigenvalue weighted by Crippen LogP contribution is 2.22. The molecule has 0 aliphatic rings. The predicted molar refractivity (Wildman–Crippen MR) is 66.3 cm³/mol. The Morgan fingerprint density at radius 3 is 2.88 bits per heavy atom. The summed E-state index contributed by atoms with van der Waals surface area (Å²) >= 11 is 5.91. The summed E-state index contributed by atoms with van der Waals surface area (Å²) in [5, 5.41) is 3.82. The Hall–Kier alpha value is -1.26. The van der Waals surface area contributed by atoms with Gasteiger partial charge in [0.05, 0.1) is 7.11 Å². The Balaban J connectivity index is 2.71. The Morgan fingerprint density at radius 1 is 1.47 bits per heavy atom. The van der Waals surface area contributed by atoms with E-state index in [1.165, 1.54) is 7.11 Å². The van der Waals surface area contributed by atoms with Crippen LogP contribution in [0, 0.1) is 0 Å². The first-order chi connectivity index (χ1) is 8.17. The fraction of sp³-hybridized carbons (Fsp3) is 0.417. The third-order valence-corrected chi connectivity index (χ3v) is 2.40. The summed E-state index contributed by atoms with van der Waals surface area (Å²) < 4.78 is 9.88. The van der Waals surface area contributed by atoms with Gasteiger partial charge in [0.25, 0.3) is 0 Å². The van der Waals surface area contributed by atoms with Gasteiger partial charge in [-0.25, -0.2) is 4.79 Å². The molecule has 5 heteroatoms. The van der Waals surface area contributed by atoms with Crippen molar-refractivity contribution in [2.45, 2.75) is 13.5 Å². The maximum Gasteiger partial charge on any atom is 0.343 e. The first kappa shape index (κ1) is 13.8. The van der Waals surface area contributed by atoms with Crippen LogP contribution in [0.3, 0.4) is 0 Å². The van der Waals surface area contributed by atoms with Crippen LogP contribution < -0.4 is 10.1 Å². The normalized spacial score (nSPS) is 10.1. The van der Waals surface area contributed by atoms with E-state index in [0.717, 1.165) is 12.1 Å². The molecule has 0 aromatic heterocycles. The molecule has 17 heavy (non-hydrogen) atoms. The van der Waals surface area contributed by atoms with Crippen LogP contribution in [-0.2, 0) is 16.1 Å². The molecule has 94 valence electrons. The predicted octanol–water partition coefficient (Wildman–Crippen LogP) is 2.00. The van der Waals surface area contributed by atoms with Crippen molar-refractivity contribution in [2.75, 3.05) is 20.3 Å². The number of hydrogen-bond acceptors (Lipinski definition) is 4. The Bertz CT molecular complexity index is 382. The van der Waals surface area contributed by atoms with Crippen LogP contribution >= 0.6 is 11.6 Å². The number of nitrogens with one attached hydrogen (secondary N) is 1. The lowest BCUT2D eigenvalue weighted by Crippen LogP contribution is -2.16. The number of esters is 1. The first-order valence-electron chi connectivity index (χ1n) is 5.36. The molecular weight excluding hydrogens is 242 g/mol. The average Bonchev–Trinajstić information content (AvgIpc) is 2.34. The van der Waals surface area contributed by atoms with Gasteiger partial charge < -0.3 is 14.8 Å². The van der Waals surface area contributed by atoms with Crippen molar-refractivity contribution in [3.63, 3.8) is 0 Å². The van der Waals surface area contributed by atoms with Crippen LogP contribution in [0.15, 0.2) is 18.2 Å². The topological polar surface area (TPSA) is 47.6 Å². The van der Waals surface area contributed by atoms with Crippen molar-refractivity contribution in [3.05, 3.63) is 28.8 Å². The molecule has 4 nitrogen and oxygen atoms in total. The second-order valence-electron chi connectivity index (χ2n) is 3.40. The highest BCUT2D eigenvalue weighted by molar-refractivity contribution is 6.30. The van der Waals surface area contributed by atoms with E-state index in [9.17, 15) is 4.79 Å². The molecule has 0 saturated heterocycles. The second-order valence-corrected chi connectivity index (χ2v) is 3.83. The highest BCUT2D eigenvalue weighted by Gasteiger charge is 2.07. The van der Waals surface area contributed by atoms with Gasteiger partial charge in [-0.15, -0.1) is 0 Å². The number of ether oxygens (including phenoxy) is 2. The van der Waals surface area contributed by atoms with Crippen LogP contribution in [0.1, 0.15) is 12.5 Å². The van der Waals surface area contributed by atoms with Crippen LogP contribution in [0.5, 0.6) is 5.75 Å². The van der Waals surface area contributed by atoms with Crippen molar-refractivity contribution in [1.82, 2.24) is 5.32 Å². The molecule has 0 radical (unpaired) electrons. The lowest BCUT2D eigenvalue weighted by atomic mass is 10.2. The zero-order valence-corrected chi connectivity index (χ0v) is 10.7. The number of halogens is 1. The van der Waals surface area contributed by atoms with Crippen LogP contribution in [0.2, 0.25) is 5.02 Å². The Morgan fingerprint density at radius 2 is 2.24 bits per heavy atom. The van der Waals surface area contributed by atoms with E-state index in [-0.39, 0.29) is 6.61 Å². The van der Waals surface area contributed by atoms with E-state index < -0.39 is 5.97 Å². The van der Waals surface area contributed by atoms with Gasteiger partial charge in [0.1, 0.15) is 5.75 Å². The van der Waals surface area contributed by atoms with E-state index >= 15 is 0 Å². The highest BCUT2D eigenvalue weighted by atomic mass is 35.5. The molecule has 1 aromatic rings. The van der Waals surface area contributed by atoms with Crippen molar-refractivity contribution in [3.8, 4) is 5.75 Å². The van der Waals surface area contributed by atoms with Crippen LogP contribution in [0.4, 0.5) is 0 Å². The maximum atomic E-state index is 11.0. The number of benzene rings is 1. The van der Waals surface area contributed by atoms with Crippen molar-refractivity contribution in [1.29, 1.82) is 0 Å². The van der Waals surface area contributed by atoms with Crippen molar-refractivity contribution >= 4 is 17.6 Å². The van der Waals surface area contributed by atoms with Gasteiger partial charge in [-0.2, -0.15) is 0 Å². The summed E-state index contributed by atoms with van der Waals surface area (Å²) in [6.45, 7) is 3.41. The molecule has 0 heterocycles. The fourth-order valence-electron chi connectivity index (χ4n) is 1.28. The zero-order valence-electron chi connectivity index (χ0n) is 9.96. The van der Waals surface area contributed by atoms with Crippen molar-refractivity contribution in [2.24, 2.45) is 0 Å². The zero-order chi connectivity index (χ0) is 12.7. The molecule has 0 bridgehead atoms. The molecule has 1 N–H and O–H groups in total. The third-order valence-electron chi connectivity index (χ3n) is 2.16. The van der Waals surface area contributed by atoms with E-state index in [1.54, 1.807) is 12.1 Å². The number of methoxy groups -OCH3 is 1. The van der Waals surface area contributed by atoms with E-state index in [1.807, 2.05) is 13.0 Å². The lowest BCUT2D eigenvalue weighted by molar-refractivity contribution is -0.142. The third kappa shape index (κ3) is 4.63. The number of carbonyl (C=O) groups excluding carboxylic acids is 1. The summed E-state index contributed by atoms with van der Waals surface area (Å²) in [4.78, 5) is 11.0. The van der Waals surface area contributed by atoms with Crippen molar-refractivity contribution < 1.29 is 14.3 Å². The molecule has 0 unspecified atom stereocenters. The maximum absolute atomic E-state index is 11.0. The van der Waals surface area contributed by atoms with E-state index in [4.69, 9.17) is 16.3 Å². The van der Waals surface area contributed by atoms with Gasteiger partial charge in [0, 0.05) is 17.1 Å². The molecule has 0 spiro atoms. The minimum absolute atomic E-state index is 0.0999. The van der Waals surface area contributed by atoms with E-state index in [2.05, 4.69) is 10.1 Å². The Labute approximate surface area is 106 Å². The lowest BCUT2D eigenvalue weighted by Gasteiger charge is -2.11. The minimum atomic E-state index is -0.408. The van der Waals surface area contributed by atoms with Crippen LogP contribution in [0.25, 0.3) is 0 Å². The smallest absolute Gasteiger partial charge is 0.343 e. The number of rotatable bonds is 6. The molecule has 0 fully saturated rings. The quantitative estimate of drug-likeness (QED) is 0.792. The van der Waals surface area contributed by atoms with Gasteiger partial charge in [-0.3, -0.25) is 0 Å². The number of hydrogen-bond donors (Lipinski definition) is 1. The summed E-state index contributed by atoms with van der Waals surface area (Å²) in [5.74, 6) is 0.232. The monoisotopic (exact) mass is 257 g/mol. The average molecular weight is 258 g/mol. The van der Waals surface area contributed by atoms with Gasteiger partial charge in [0.2, 0.25) is 0 Å². The van der Waals surface area contributed by atoms with Gasteiger partial charge in [0.15, 0.2) is 6.61 Å². The summed E-state index contributed by atoms with van der Waals surface area (Å²) in [7, 11) is 1.33. The molecule has 0 aliphatic heterocycles. The summed E-state index contributed by atoms with van der Waals surface area (Å²) in [6, 6.07) is 5.29. The standard InChI is InChI=1S/C12H16ClNO3/c1-3-14-7-9-6-10(13)4-5-11(9)17-8-12(15)16-2/h4-6,14H,3,7-8H2,1-2H3.